The highest BCUT2D eigenvalue weighted by Gasteiger charge is 2.58. The molecule has 1 heterocycles. The molecule has 58 valence electrons. The third-order valence-electron chi connectivity index (χ3n) is 2.66. The zero-order chi connectivity index (χ0) is 7.35. The summed E-state index contributed by atoms with van der Waals surface area (Å²) in [5.41, 5.74) is 0. The number of rotatable bonds is 0. The van der Waals surface area contributed by atoms with Crippen LogP contribution in [0.4, 0.5) is 8.78 Å². The first-order chi connectivity index (χ1) is 4.61. The summed E-state index contributed by atoms with van der Waals surface area (Å²) in [5, 5.41) is 0. The van der Waals surface area contributed by atoms with E-state index in [1.54, 1.807) is 0 Å². The van der Waals surface area contributed by atoms with Gasteiger partial charge in [0.2, 0.25) is 0 Å². The van der Waals surface area contributed by atoms with E-state index in [1.165, 1.54) is 0 Å². The molecule has 0 amide bonds. The van der Waals surface area contributed by atoms with Crippen LogP contribution in [0, 0.1) is 5.92 Å². The number of likely N-dealkylation sites (tertiary alicyclic amines) is 1. The van der Waals surface area contributed by atoms with Crippen LogP contribution in [0.5, 0.6) is 0 Å². The van der Waals surface area contributed by atoms with Gasteiger partial charge in [0, 0.05) is 24.9 Å². The van der Waals surface area contributed by atoms with Crippen LogP contribution in [0.1, 0.15) is 12.8 Å². The Balaban J connectivity index is 2.09. The second kappa shape index (κ2) is 1.70. The van der Waals surface area contributed by atoms with Gasteiger partial charge in [0.1, 0.15) is 0 Å². The number of piperidine rings is 1. The molecule has 3 heteroatoms. The lowest BCUT2D eigenvalue weighted by Gasteiger charge is -2.27. The summed E-state index contributed by atoms with van der Waals surface area (Å²) >= 11 is 0. The number of hydrogen-bond acceptors (Lipinski definition) is 1. The molecule has 1 unspecified atom stereocenters. The number of fused-ring (bicyclic) bond motifs is 1. The zero-order valence-electron chi connectivity index (χ0n) is 5.98. The highest BCUT2D eigenvalue weighted by molar-refractivity contribution is 5.05. The molecule has 1 saturated carbocycles. The van der Waals surface area contributed by atoms with Crippen LogP contribution in [0.25, 0.3) is 0 Å². The molecule has 2 rings (SSSR count). The molecule has 1 nitrogen and oxygen atoms in total. The van der Waals surface area contributed by atoms with Crippen molar-refractivity contribution >= 4 is 0 Å². The van der Waals surface area contributed by atoms with Gasteiger partial charge in [0.15, 0.2) is 0 Å². The molecular weight excluding hydrogens is 136 g/mol. The maximum absolute atomic E-state index is 12.8. The summed E-state index contributed by atoms with van der Waals surface area (Å²) in [6.07, 6.45) is 0.772. The van der Waals surface area contributed by atoms with Gasteiger partial charge in [-0.05, 0) is 13.5 Å². The van der Waals surface area contributed by atoms with E-state index in [-0.39, 0.29) is 18.4 Å². The van der Waals surface area contributed by atoms with Crippen molar-refractivity contribution in [2.75, 3.05) is 13.6 Å². The van der Waals surface area contributed by atoms with Gasteiger partial charge in [-0.2, -0.15) is 0 Å². The molecule has 0 N–H and O–H groups in total. The fourth-order valence-electron chi connectivity index (χ4n) is 1.80. The summed E-state index contributed by atoms with van der Waals surface area (Å²) in [6, 6.07) is 0.198. The van der Waals surface area contributed by atoms with Crippen LogP contribution >= 0.6 is 0 Å². The van der Waals surface area contributed by atoms with Gasteiger partial charge in [-0.15, -0.1) is 0 Å². The molecule has 0 bridgehead atoms. The smallest absolute Gasteiger partial charge is 0.253 e. The van der Waals surface area contributed by atoms with Crippen molar-refractivity contribution in [2.24, 2.45) is 5.92 Å². The lowest BCUT2D eigenvalue weighted by Crippen LogP contribution is -2.38. The van der Waals surface area contributed by atoms with Crippen molar-refractivity contribution in [3.05, 3.63) is 0 Å². The Morgan fingerprint density at radius 1 is 1.50 bits per heavy atom. The molecule has 0 radical (unpaired) electrons. The van der Waals surface area contributed by atoms with E-state index >= 15 is 0 Å². The summed E-state index contributed by atoms with van der Waals surface area (Å²) in [5.74, 6) is -2.66. The minimum absolute atomic E-state index is 0.0602. The lowest BCUT2D eigenvalue weighted by atomic mass is 10.1. The molecule has 2 fully saturated rings. The number of hydrogen-bond donors (Lipinski definition) is 0. The molecule has 1 aliphatic heterocycles. The fraction of sp³-hybridized carbons (Fsp3) is 1.00. The van der Waals surface area contributed by atoms with Gasteiger partial charge in [-0.25, -0.2) is 8.78 Å². The van der Waals surface area contributed by atoms with E-state index in [1.807, 2.05) is 11.9 Å². The summed E-state index contributed by atoms with van der Waals surface area (Å²) in [7, 11) is 1.93. The van der Waals surface area contributed by atoms with E-state index in [0.29, 0.717) is 13.0 Å². The molecule has 0 aromatic heterocycles. The Morgan fingerprint density at radius 3 is 2.80 bits per heavy atom. The quantitative estimate of drug-likeness (QED) is 0.500. The van der Waals surface area contributed by atoms with Crippen LogP contribution < -0.4 is 0 Å². The molecular formula is C7H11F2N. The summed E-state index contributed by atoms with van der Waals surface area (Å²) < 4.78 is 25.6. The Labute approximate surface area is 59.0 Å². The molecule has 0 aromatic rings. The third-order valence-corrected chi connectivity index (χ3v) is 2.66. The van der Waals surface area contributed by atoms with Crippen molar-refractivity contribution in [3.8, 4) is 0 Å². The summed E-state index contributed by atoms with van der Waals surface area (Å²) in [6.45, 7) is 0.564. The average molecular weight is 147 g/mol. The third kappa shape index (κ3) is 0.764. The van der Waals surface area contributed by atoms with E-state index in [0.717, 1.165) is 0 Å². The first kappa shape index (κ1) is 6.53. The number of nitrogens with zero attached hydrogens (tertiary/aromatic N) is 1. The van der Waals surface area contributed by atoms with Gasteiger partial charge in [-0.1, -0.05) is 0 Å². The number of alkyl halides is 2. The minimum atomic E-state index is -2.35. The van der Waals surface area contributed by atoms with Crippen LogP contribution in [0.2, 0.25) is 0 Å². The van der Waals surface area contributed by atoms with Gasteiger partial charge in [0.05, 0.1) is 0 Å². The van der Waals surface area contributed by atoms with E-state index < -0.39 is 5.92 Å². The first-order valence-electron chi connectivity index (χ1n) is 3.69. The summed E-state index contributed by atoms with van der Waals surface area (Å²) in [4.78, 5) is 2.04. The van der Waals surface area contributed by atoms with Crippen molar-refractivity contribution in [1.82, 2.24) is 4.90 Å². The second-order valence-electron chi connectivity index (χ2n) is 3.40. The molecule has 2 aliphatic rings. The fourth-order valence-corrected chi connectivity index (χ4v) is 1.80. The average Bonchev–Trinajstić information content (AvgIpc) is 2.58. The predicted molar refractivity (Wildman–Crippen MR) is 34.1 cm³/mol. The van der Waals surface area contributed by atoms with Crippen molar-refractivity contribution in [1.29, 1.82) is 0 Å². The van der Waals surface area contributed by atoms with E-state index in [4.69, 9.17) is 0 Å². The standard InChI is InChI=1S/C7H11F2N/c1-10-3-2-7(8,9)5-4-6(5)10/h5-6H,2-4H2,1H3/t5?,6-/m1/s1. The maximum Gasteiger partial charge on any atom is 0.253 e. The predicted octanol–water partition coefficient (Wildman–Crippen LogP) is 1.35. The molecule has 2 atom stereocenters. The molecule has 0 aromatic carbocycles. The maximum atomic E-state index is 12.8. The Morgan fingerprint density at radius 2 is 2.20 bits per heavy atom. The molecule has 1 saturated heterocycles. The van der Waals surface area contributed by atoms with Gasteiger partial charge < -0.3 is 4.90 Å². The molecule has 10 heavy (non-hydrogen) atoms. The van der Waals surface area contributed by atoms with Gasteiger partial charge >= 0.3 is 0 Å². The van der Waals surface area contributed by atoms with Crippen LogP contribution in [-0.2, 0) is 0 Å². The number of halogens is 2. The largest absolute Gasteiger partial charge is 0.303 e. The van der Waals surface area contributed by atoms with Gasteiger partial charge in [0.25, 0.3) is 5.92 Å². The monoisotopic (exact) mass is 147 g/mol. The van der Waals surface area contributed by atoms with Crippen molar-refractivity contribution in [3.63, 3.8) is 0 Å². The Hall–Kier alpha value is -0.180. The van der Waals surface area contributed by atoms with Crippen LogP contribution in [0.15, 0.2) is 0 Å². The van der Waals surface area contributed by atoms with Crippen molar-refractivity contribution in [2.45, 2.75) is 24.8 Å². The first-order valence-corrected chi connectivity index (χ1v) is 3.69. The highest BCUT2D eigenvalue weighted by atomic mass is 19.3. The van der Waals surface area contributed by atoms with E-state index in [2.05, 4.69) is 0 Å². The normalized spacial score (nSPS) is 44.7. The Bertz CT molecular complexity index is 158. The SMILES string of the molecule is CN1CCC(F)(F)C2C[C@H]21. The highest BCUT2D eigenvalue weighted by Crippen LogP contribution is 2.51. The Kier molecular flexibility index (Phi) is 1.11. The van der Waals surface area contributed by atoms with Crippen LogP contribution in [-0.4, -0.2) is 30.5 Å². The van der Waals surface area contributed by atoms with Crippen molar-refractivity contribution < 1.29 is 8.78 Å². The zero-order valence-corrected chi connectivity index (χ0v) is 5.98. The van der Waals surface area contributed by atoms with Gasteiger partial charge in [-0.3, -0.25) is 0 Å². The second-order valence-corrected chi connectivity index (χ2v) is 3.40. The molecule has 1 aliphatic carbocycles. The van der Waals surface area contributed by atoms with Crippen LogP contribution in [0.3, 0.4) is 0 Å². The lowest BCUT2D eigenvalue weighted by molar-refractivity contribution is -0.0620. The minimum Gasteiger partial charge on any atom is -0.303 e. The van der Waals surface area contributed by atoms with E-state index in [9.17, 15) is 8.78 Å². The molecule has 0 spiro atoms. The topological polar surface area (TPSA) is 3.24 Å².